The van der Waals surface area contributed by atoms with E-state index in [1.807, 2.05) is 16.7 Å². The summed E-state index contributed by atoms with van der Waals surface area (Å²) in [4.78, 5) is 16.6. The summed E-state index contributed by atoms with van der Waals surface area (Å²) >= 11 is 0. The van der Waals surface area contributed by atoms with Gasteiger partial charge in [0.05, 0.1) is 23.8 Å². The minimum absolute atomic E-state index is 0.142. The Hall–Kier alpha value is -2.27. The lowest BCUT2D eigenvalue weighted by Gasteiger charge is -2.44. The molecule has 2 atom stereocenters. The number of carbonyl (C=O) groups excluding carboxylic acids is 1. The molecule has 1 aromatic carbocycles. The van der Waals surface area contributed by atoms with Crippen molar-refractivity contribution in [2.75, 3.05) is 44.3 Å². The molecule has 2 unspecified atom stereocenters. The molecule has 8 heteroatoms. The summed E-state index contributed by atoms with van der Waals surface area (Å²) in [5.74, 6) is 0.508. The predicted molar refractivity (Wildman–Crippen MR) is 105 cm³/mol. The average Bonchev–Trinajstić information content (AvgIpc) is 3.50. The molecule has 1 aliphatic carbocycles. The van der Waals surface area contributed by atoms with Gasteiger partial charge >= 0.3 is 6.18 Å². The van der Waals surface area contributed by atoms with Crippen molar-refractivity contribution in [2.45, 2.75) is 32.4 Å². The summed E-state index contributed by atoms with van der Waals surface area (Å²) in [7, 11) is 0. The molecule has 2 saturated heterocycles. The van der Waals surface area contributed by atoms with Gasteiger partial charge < -0.3 is 14.5 Å². The van der Waals surface area contributed by atoms with Crippen LogP contribution < -0.4 is 4.90 Å². The second-order valence-electron chi connectivity index (χ2n) is 8.72. The Kier molecular flexibility index (Phi) is 5.43. The monoisotopic (exact) mass is 421 g/mol. The smallest absolute Gasteiger partial charge is 0.381 e. The Bertz CT molecular complexity index is 862. The van der Waals surface area contributed by atoms with Crippen LogP contribution in [-0.4, -0.2) is 50.2 Å². The summed E-state index contributed by atoms with van der Waals surface area (Å²) in [5.41, 5.74) is -0.934. The van der Waals surface area contributed by atoms with Crippen LogP contribution in [-0.2, 0) is 15.7 Å². The molecule has 2 aliphatic heterocycles. The standard InChI is InChI=1S/C22H26F3N3O2/c1-2-30-14-21-7-8-27(11-17(21)12-28(13-21)20(29)15-3-4-15)18-6-5-16(10-26)19(9-18)22(23,24)25/h5-6,9,15,17H,2-4,7-8,11-14H2,1H3. The maximum Gasteiger partial charge on any atom is 0.417 e. The van der Waals surface area contributed by atoms with Gasteiger partial charge in [0.25, 0.3) is 0 Å². The number of nitriles is 1. The van der Waals surface area contributed by atoms with Gasteiger partial charge in [-0.25, -0.2) is 0 Å². The molecule has 0 bridgehead atoms. The third-order valence-electron chi connectivity index (χ3n) is 6.76. The number of hydrogen-bond acceptors (Lipinski definition) is 4. The Morgan fingerprint density at radius 3 is 2.73 bits per heavy atom. The van der Waals surface area contributed by atoms with E-state index in [2.05, 4.69) is 0 Å². The van der Waals surface area contributed by atoms with E-state index in [0.29, 0.717) is 45.1 Å². The predicted octanol–water partition coefficient (Wildman–Crippen LogP) is 3.68. The number of hydrogen-bond donors (Lipinski definition) is 0. The van der Waals surface area contributed by atoms with Crippen LogP contribution in [0.1, 0.15) is 37.3 Å². The van der Waals surface area contributed by atoms with E-state index in [4.69, 9.17) is 10.00 Å². The fraction of sp³-hybridized carbons (Fsp3) is 0.636. The van der Waals surface area contributed by atoms with E-state index < -0.39 is 11.7 Å². The third-order valence-corrected chi connectivity index (χ3v) is 6.76. The van der Waals surface area contributed by atoms with Crippen LogP contribution in [0.3, 0.4) is 0 Å². The summed E-state index contributed by atoms with van der Waals surface area (Å²) < 4.78 is 45.9. The summed E-state index contributed by atoms with van der Waals surface area (Å²) in [6.07, 6.45) is -1.91. The minimum Gasteiger partial charge on any atom is -0.381 e. The van der Waals surface area contributed by atoms with Gasteiger partial charge in [0.15, 0.2) is 0 Å². The molecule has 1 saturated carbocycles. The first-order valence-corrected chi connectivity index (χ1v) is 10.5. The van der Waals surface area contributed by atoms with Crippen molar-refractivity contribution in [1.82, 2.24) is 4.90 Å². The number of likely N-dealkylation sites (tertiary alicyclic amines) is 1. The average molecular weight is 421 g/mol. The first kappa shape index (κ1) is 21.0. The molecule has 2 heterocycles. The highest BCUT2D eigenvalue weighted by Gasteiger charge is 2.52. The normalized spacial score (nSPS) is 26.4. The van der Waals surface area contributed by atoms with Crippen molar-refractivity contribution in [3.63, 3.8) is 0 Å². The highest BCUT2D eigenvalue weighted by Crippen LogP contribution is 2.46. The van der Waals surface area contributed by atoms with Crippen molar-refractivity contribution in [3.8, 4) is 6.07 Å². The summed E-state index contributed by atoms with van der Waals surface area (Å²) in [6, 6.07) is 5.55. The van der Waals surface area contributed by atoms with Crippen LogP contribution >= 0.6 is 0 Å². The maximum atomic E-state index is 13.4. The molecule has 4 rings (SSSR count). The van der Waals surface area contributed by atoms with Crippen LogP contribution in [0.25, 0.3) is 0 Å². The molecule has 3 fully saturated rings. The second kappa shape index (κ2) is 7.77. The quantitative estimate of drug-likeness (QED) is 0.728. The van der Waals surface area contributed by atoms with E-state index >= 15 is 0 Å². The molecule has 5 nitrogen and oxygen atoms in total. The molecular weight excluding hydrogens is 395 g/mol. The number of piperidine rings is 1. The number of halogens is 3. The Morgan fingerprint density at radius 1 is 1.33 bits per heavy atom. The first-order chi connectivity index (χ1) is 14.3. The molecule has 30 heavy (non-hydrogen) atoms. The fourth-order valence-electron chi connectivity index (χ4n) is 4.88. The number of anilines is 1. The molecule has 1 aromatic rings. The van der Waals surface area contributed by atoms with Crippen molar-refractivity contribution in [2.24, 2.45) is 17.3 Å². The Morgan fingerprint density at radius 2 is 2.10 bits per heavy atom. The SMILES string of the molecule is CCOCC12CCN(c3ccc(C#N)c(C(F)(F)F)c3)CC1CN(C(=O)C1CC1)C2. The van der Waals surface area contributed by atoms with Gasteiger partial charge in [0.2, 0.25) is 5.91 Å². The molecule has 1 amide bonds. The van der Waals surface area contributed by atoms with Crippen molar-refractivity contribution >= 4 is 11.6 Å². The number of fused-ring (bicyclic) bond motifs is 1. The number of nitrogens with zero attached hydrogens (tertiary/aromatic N) is 3. The van der Waals surface area contributed by atoms with Gasteiger partial charge in [0.1, 0.15) is 0 Å². The Balaban J connectivity index is 1.57. The lowest BCUT2D eigenvalue weighted by molar-refractivity contribution is -0.137. The van der Waals surface area contributed by atoms with Gasteiger partial charge in [-0.05, 0) is 44.4 Å². The molecule has 162 valence electrons. The number of alkyl halides is 3. The largest absolute Gasteiger partial charge is 0.417 e. The highest BCUT2D eigenvalue weighted by atomic mass is 19.4. The second-order valence-corrected chi connectivity index (χ2v) is 8.72. The zero-order valence-corrected chi connectivity index (χ0v) is 17.0. The van der Waals surface area contributed by atoms with Gasteiger partial charge in [0, 0.05) is 55.7 Å². The van der Waals surface area contributed by atoms with Crippen LogP contribution in [0, 0.1) is 28.6 Å². The lowest BCUT2D eigenvalue weighted by atomic mass is 9.73. The van der Waals surface area contributed by atoms with Crippen molar-refractivity contribution in [1.29, 1.82) is 5.26 Å². The number of amides is 1. The number of rotatable bonds is 5. The van der Waals surface area contributed by atoms with E-state index in [-0.39, 0.29) is 28.7 Å². The summed E-state index contributed by atoms with van der Waals surface area (Å²) in [5, 5.41) is 9.04. The number of carbonyl (C=O) groups is 1. The highest BCUT2D eigenvalue weighted by molar-refractivity contribution is 5.81. The minimum atomic E-state index is -4.57. The molecular formula is C22H26F3N3O2. The molecule has 0 aromatic heterocycles. The van der Waals surface area contributed by atoms with Gasteiger partial charge in [-0.3, -0.25) is 4.79 Å². The maximum absolute atomic E-state index is 13.4. The molecule has 0 spiro atoms. The topological polar surface area (TPSA) is 56.6 Å². The zero-order chi connectivity index (χ0) is 21.5. The lowest BCUT2D eigenvalue weighted by Crippen LogP contribution is -2.49. The van der Waals surface area contributed by atoms with Crippen LogP contribution in [0.5, 0.6) is 0 Å². The van der Waals surface area contributed by atoms with Crippen LogP contribution in [0.15, 0.2) is 18.2 Å². The molecule has 0 radical (unpaired) electrons. The van der Waals surface area contributed by atoms with Crippen LogP contribution in [0.2, 0.25) is 0 Å². The van der Waals surface area contributed by atoms with E-state index in [0.717, 1.165) is 25.3 Å². The van der Waals surface area contributed by atoms with Crippen molar-refractivity contribution in [3.05, 3.63) is 29.3 Å². The fourth-order valence-corrected chi connectivity index (χ4v) is 4.88. The van der Waals surface area contributed by atoms with Gasteiger partial charge in [-0.15, -0.1) is 0 Å². The first-order valence-electron chi connectivity index (χ1n) is 10.5. The Labute approximate surface area is 174 Å². The number of ether oxygens (including phenoxy) is 1. The zero-order valence-electron chi connectivity index (χ0n) is 17.0. The molecule has 0 N–H and O–H groups in total. The van der Waals surface area contributed by atoms with Gasteiger partial charge in [-0.2, -0.15) is 18.4 Å². The van der Waals surface area contributed by atoms with Gasteiger partial charge in [-0.1, -0.05) is 0 Å². The van der Waals surface area contributed by atoms with Crippen LogP contribution in [0.4, 0.5) is 18.9 Å². The van der Waals surface area contributed by atoms with E-state index in [1.165, 1.54) is 6.07 Å². The van der Waals surface area contributed by atoms with Crippen molar-refractivity contribution < 1.29 is 22.7 Å². The van der Waals surface area contributed by atoms with E-state index in [9.17, 15) is 18.0 Å². The molecule has 3 aliphatic rings. The number of benzene rings is 1. The third kappa shape index (κ3) is 3.87. The summed E-state index contributed by atoms with van der Waals surface area (Å²) in [6.45, 7) is 5.57. The van der Waals surface area contributed by atoms with E-state index in [1.54, 1.807) is 12.1 Å².